The summed E-state index contributed by atoms with van der Waals surface area (Å²) in [5, 5.41) is 2.99. The zero-order valence-corrected chi connectivity index (χ0v) is 19.1. The van der Waals surface area contributed by atoms with Crippen molar-refractivity contribution in [1.82, 2.24) is 14.9 Å². The van der Waals surface area contributed by atoms with Crippen molar-refractivity contribution in [2.75, 3.05) is 20.3 Å². The van der Waals surface area contributed by atoms with Gasteiger partial charge in [0.05, 0.1) is 30.3 Å². The number of ether oxygens (including phenoxy) is 2. The molecule has 0 saturated heterocycles. The fraction of sp³-hybridized carbons (Fsp3) is 0.259. The zero-order chi connectivity index (χ0) is 23.0. The van der Waals surface area contributed by atoms with E-state index in [1.54, 1.807) is 19.2 Å². The molecule has 1 amide bonds. The Hall–Kier alpha value is -3.80. The molecule has 0 unspecified atom stereocenters. The number of hydrogen-bond donors (Lipinski definition) is 1. The number of carbonyl (C=O) groups excluding carboxylic acids is 1. The molecule has 4 rings (SSSR count). The summed E-state index contributed by atoms with van der Waals surface area (Å²) in [5.41, 5.74) is 3.77. The quantitative estimate of drug-likeness (QED) is 0.358. The van der Waals surface area contributed by atoms with Gasteiger partial charge in [-0.3, -0.25) is 4.79 Å². The maximum Gasteiger partial charge on any atom is 0.255 e. The topological polar surface area (TPSA) is 65.4 Å². The van der Waals surface area contributed by atoms with Crippen LogP contribution in [0.15, 0.2) is 72.8 Å². The van der Waals surface area contributed by atoms with E-state index in [9.17, 15) is 4.79 Å². The van der Waals surface area contributed by atoms with Gasteiger partial charge in [-0.25, -0.2) is 4.98 Å². The highest BCUT2D eigenvalue weighted by molar-refractivity contribution is 5.96. The number of carbonyl (C=O) groups is 1. The fourth-order valence-electron chi connectivity index (χ4n) is 3.90. The lowest BCUT2D eigenvalue weighted by Crippen LogP contribution is -2.27. The third kappa shape index (κ3) is 5.52. The third-order valence-electron chi connectivity index (χ3n) is 5.50. The molecule has 0 aliphatic carbocycles. The lowest BCUT2D eigenvalue weighted by Gasteiger charge is -2.12. The Morgan fingerprint density at radius 2 is 1.85 bits per heavy atom. The minimum atomic E-state index is -0.151. The molecule has 0 aliphatic rings. The van der Waals surface area contributed by atoms with Gasteiger partial charge in [0.2, 0.25) is 0 Å². The molecule has 0 saturated carbocycles. The summed E-state index contributed by atoms with van der Waals surface area (Å²) in [7, 11) is 1.57. The van der Waals surface area contributed by atoms with Crippen LogP contribution in [0.25, 0.3) is 11.0 Å². The van der Waals surface area contributed by atoms with Gasteiger partial charge in [-0.15, -0.1) is 0 Å². The lowest BCUT2D eigenvalue weighted by molar-refractivity contribution is 0.0951. The second kappa shape index (κ2) is 10.7. The Labute approximate surface area is 194 Å². The lowest BCUT2D eigenvalue weighted by atomic mass is 10.2. The molecule has 0 radical (unpaired) electrons. The number of hydrogen-bond acceptors (Lipinski definition) is 4. The van der Waals surface area contributed by atoms with Crippen LogP contribution in [0.4, 0.5) is 0 Å². The van der Waals surface area contributed by atoms with Gasteiger partial charge in [0, 0.05) is 19.5 Å². The summed E-state index contributed by atoms with van der Waals surface area (Å²) >= 11 is 0. The molecule has 0 fully saturated rings. The number of amides is 1. The van der Waals surface area contributed by atoms with E-state index in [0.29, 0.717) is 30.9 Å². The molecule has 6 heteroatoms. The highest BCUT2D eigenvalue weighted by Gasteiger charge is 2.13. The monoisotopic (exact) mass is 443 g/mol. The number of fused-ring (bicyclic) bond motifs is 1. The van der Waals surface area contributed by atoms with Crippen LogP contribution in [0.2, 0.25) is 0 Å². The van der Waals surface area contributed by atoms with Gasteiger partial charge in [-0.05, 0) is 55.3 Å². The number of aromatic nitrogens is 2. The number of imidazole rings is 1. The van der Waals surface area contributed by atoms with Crippen molar-refractivity contribution in [1.29, 1.82) is 0 Å². The molecule has 1 heterocycles. The van der Waals surface area contributed by atoms with Crippen molar-refractivity contribution in [3.05, 3.63) is 89.7 Å². The predicted molar refractivity (Wildman–Crippen MR) is 130 cm³/mol. The SMILES string of the molecule is COc1ccccc1C(=O)NCCc1nc2ccccc2n1CCCOc1cccc(C)c1. The van der Waals surface area contributed by atoms with Gasteiger partial charge in [-0.2, -0.15) is 0 Å². The van der Waals surface area contributed by atoms with E-state index in [4.69, 9.17) is 14.5 Å². The average molecular weight is 444 g/mol. The van der Waals surface area contributed by atoms with Gasteiger partial charge < -0.3 is 19.4 Å². The van der Waals surface area contributed by atoms with E-state index >= 15 is 0 Å². The second-order valence-corrected chi connectivity index (χ2v) is 7.89. The minimum absolute atomic E-state index is 0.151. The van der Waals surface area contributed by atoms with Crippen LogP contribution in [0, 0.1) is 6.92 Å². The highest BCUT2D eigenvalue weighted by atomic mass is 16.5. The Bertz CT molecular complexity index is 1230. The number of nitrogens with zero attached hydrogens (tertiary/aromatic N) is 2. The summed E-state index contributed by atoms with van der Waals surface area (Å²) in [5.74, 6) is 2.26. The average Bonchev–Trinajstić information content (AvgIpc) is 3.19. The van der Waals surface area contributed by atoms with Crippen LogP contribution in [-0.4, -0.2) is 35.7 Å². The van der Waals surface area contributed by atoms with Gasteiger partial charge in [0.15, 0.2) is 0 Å². The summed E-state index contributed by atoms with van der Waals surface area (Å²) in [4.78, 5) is 17.4. The van der Waals surface area contributed by atoms with Gasteiger partial charge >= 0.3 is 0 Å². The first kappa shape index (κ1) is 22.4. The zero-order valence-electron chi connectivity index (χ0n) is 19.1. The van der Waals surface area contributed by atoms with Crippen molar-refractivity contribution in [2.24, 2.45) is 0 Å². The van der Waals surface area contributed by atoms with Crippen LogP contribution in [0.1, 0.15) is 28.2 Å². The van der Waals surface area contributed by atoms with Gasteiger partial charge in [-0.1, -0.05) is 36.4 Å². The third-order valence-corrected chi connectivity index (χ3v) is 5.50. The largest absolute Gasteiger partial charge is 0.496 e. The molecule has 4 aromatic rings. The molecule has 0 bridgehead atoms. The summed E-state index contributed by atoms with van der Waals surface area (Å²) in [6.07, 6.45) is 1.49. The normalized spacial score (nSPS) is 10.8. The second-order valence-electron chi connectivity index (χ2n) is 7.89. The molecular formula is C27H29N3O3. The molecule has 0 spiro atoms. The number of benzene rings is 3. The molecule has 33 heavy (non-hydrogen) atoms. The Morgan fingerprint density at radius 3 is 2.70 bits per heavy atom. The van der Waals surface area contributed by atoms with E-state index in [1.807, 2.05) is 48.5 Å². The van der Waals surface area contributed by atoms with Crippen LogP contribution < -0.4 is 14.8 Å². The summed E-state index contributed by atoms with van der Waals surface area (Å²) < 4.78 is 13.4. The van der Waals surface area contributed by atoms with Crippen LogP contribution in [-0.2, 0) is 13.0 Å². The summed E-state index contributed by atoms with van der Waals surface area (Å²) in [6, 6.07) is 23.4. The maximum atomic E-state index is 12.6. The molecule has 0 aliphatic heterocycles. The maximum absolute atomic E-state index is 12.6. The Kier molecular flexibility index (Phi) is 7.25. The van der Waals surface area contributed by atoms with Crippen LogP contribution >= 0.6 is 0 Å². The number of aryl methyl sites for hydroxylation is 2. The van der Waals surface area contributed by atoms with E-state index in [1.165, 1.54) is 5.56 Å². The molecule has 170 valence electrons. The van der Waals surface area contributed by atoms with Crippen LogP contribution in [0.5, 0.6) is 11.5 Å². The Balaban J connectivity index is 1.39. The number of para-hydroxylation sites is 3. The first-order valence-electron chi connectivity index (χ1n) is 11.2. The van der Waals surface area contributed by atoms with Gasteiger partial charge in [0.25, 0.3) is 5.91 Å². The summed E-state index contributed by atoms with van der Waals surface area (Å²) in [6.45, 7) is 3.96. The minimum Gasteiger partial charge on any atom is -0.496 e. The highest BCUT2D eigenvalue weighted by Crippen LogP contribution is 2.19. The number of rotatable bonds is 10. The van der Waals surface area contributed by atoms with E-state index in [-0.39, 0.29) is 5.91 Å². The molecule has 1 aromatic heterocycles. The number of methoxy groups -OCH3 is 1. The fourth-order valence-corrected chi connectivity index (χ4v) is 3.90. The molecule has 1 N–H and O–H groups in total. The predicted octanol–water partition coefficient (Wildman–Crippen LogP) is 4.79. The van der Waals surface area contributed by atoms with Crippen LogP contribution in [0.3, 0.4) is 0 Å². The van der Waals surface area contributed by atoms with E-state index < -0.39 is 0 Å². The first-order chi connectivity index (χ1) is 16.2. The number of nitrogens with one attached hydrogen (secondary N) is 1. The van der Waals surface area contributed by atoms with E-state index in [2.05, 4.69) is 28.9 Å². The van der Waals surface area contributed by atoms with E-state index in [0.717, 1.165) is 35.6 Å². The first-order valence-corrected chi connectivity index (χ1v) is 11.2. The standard InChI is InChI=1S/C27H29N3O3/c1-20-9-7-10-21(19-20)33-18-8-17-30-24-13-5-4-12-23(24)29-26(30)15-16-28-27(31)22-11-3-6-14-25(22)32-2/h3-7,9-14,19H,8,15-18H2,1-2H3,(H,28,31). The van der Waals surface area contributed by atoms with Crippen molar-refractivity contribution >= 4 is 16.9 Å². The Morgan fingerprint density at radius 1 is 1.03 bits per heavy atom. The molecule has 3 aromatic carbocycles. The van der Waals surface area contributed by atoms with Crippen molar-refractivity contribution in [3.63, 3.8) is 0 Å². The smallest absolute Gasteiger partial charge is 0.255 e. The van der Waals surface area contributed by atoms with Crippen molar-refractivity contribution in [3.8, 4) is 11.5 Å². The molecular weight excluding hydrogens is 414 g/mol. The van der Waals surface area contributed by atoms with Gasteiger partial charge in [0.1, 0.15) is 17.3 Å². The molecule has 6 nitrogen and oxygen atoms in total. The molecule has 0 atom stereocenters. The van der Waals surface area contributed by atoms with Crippen molar-refractivity contribution in [2.45, 2.75) is 26.3 Å². The van der Waals surface area contributed by atoms with Crippen molar-refractivity contribution < 1.29 is 14.3 Å².